The van der Waals surface area contributed by atoms with Crippen molar-refractivity contribution in [1.29, 1.82) is 0 Å². The molecule has 2 rings (SSSR count). The fraction of sp³-hybridized carbons (Fsp3) is 0.286. The first kappa shape index (κ1) is 17.1. The first-order chi connectivity index (χ1) is 9.60. The van der Waals surface area contributed by atoms with Crippen molar-refractivity contribution in [2.45, 2.75) is 12.6 Å². The zero-order valence-electron chi connectivity index (χ0n) is 11.8. The van der Waals surface area contributed by atoms with Crippen LogP contribution < -0.4 is 10.6 Å². The average molecular weight is 313 g/mol. The van der Waals surface area contributed by atoms with E-state index in [-0.39, 0.29) is 30.7 Å². The lowest BCUT2D eigenvalue weighted by Crippen LogP contribution is -2.35. The summed E-state index contributed by atoms with van der Waals surface area (Å²) in [5.41, 5.74) is 1.51. The summed E-state index contributed by atoms with van der Waals surface area (Å²) in [6.07, 6.45) is 3.42. The van der Waals surface area contributed by atoms with Gasteiger partial charge >= 0.3 is 0 Å². The molecular weight excluding hydrogens is 295 g/mol. The van der Waals surface area contributed by atoms with Crippen LogP contribution >= 0.6 is 12.4 Å². The Morgan fingerprint density at radius 1 is 1.48 bits per heavy atom. The second-order valence-electron chi connectivity index (χ2n) is 4.52. The number of carbonyl (C=O) groups is 1. The summed E-state index contributed by atoms with van der Waals surface area (Å²) in [6, 6.07) is 5.68. The minimum atomic E-state index is -0.475. The summed E-state index contributed by atoms with van der Waals surface area (Å²) in [5, 5.41) is 9.76. The van der Waals surface area contributed by atoms with Gasteiger partial charge in [0.2, 0.25) is 5.91 Å². The number of hydrogen-bond acceptors (Lipinski definition) is 3. The van der Waals surface area contributed by atoms with Gasteiger partial charge in [0.1, 0.15) is 11.9 Å². The van der Waals surface area contributed by atoms with Crippen LogP contribution in [0.2, 0.25) is 0 Å². The Labute approximate surface area is 129 Å². The number of rotatable bonds is 5. The highest BCUT2D eigenvalue weighted by Crippen LogP contribution is 2.11. The van der Waals surface area contributed by atoms with E-state index in [1.165, 1.54) is 12.1 Å². The van der Waals surface area contributed by atoms with Gasteiger partial charge in [0.15, 0.2) is 0 Å². The topological polar surface area (TPSA) is 59.0 Å². The normalized spacial score (nSPS) is 11.6. The number of amides is 1. The fourth-order valence-corrected chi connectivity index (χ4v) is 1.98. The second-order valence-corrected chi connectivity index (χ2v) is 4.52. The van der Waals surface area contributed by atoms with Gasteiger partial charge in [-0.25, -0.2) is 4.39 Å². The Kier molecular flexibility index (Phi) is 6.33. The third-order valence-electron chi connectivity index (χ3n) is 2.96. The maximum absolute atomic E-state index is 13.0. The largest absolute Gasteiger partial charge is 0.350 e. The molecule has 0 bridgehead atoms. The molecule has 21 heavy (non-hydrogen) atoms. The Bertz CT molecular complexity index is 602. The van der Waals surface area contributed by atoms with Gasteiger partial charge < -0.3 is 10.6 Å². The van der Waals surface area contributed by atoms with Gasteiger partial charge in [-0.15, -0.1) is 12.4 Å². The first-order valence-electron chi connectivity index (χ1n) is 6.28. The number of hydrogen-bond donors (Lipinski definition) is 2. The molecule has 0 radical (unpaired) electrons. The molecule has 1 amide bonds. The molecule has 7 heteroatoms. The van der Waals surface area contributed by atoms with E-state index in [1.807, 2.05) is 0 Å². The van der Waals surface area contributed by atoms with Crippen molar-refractivity contribution >= 4 is 18.3 Å². The third kappa shape index (κ3) is 4.54. The highest BCUT2D eigenvalue weighted by Gasteiger charge is 2.19. The Balaban J connectivity index is 0.00000220. The number of carbonyl (C=O) groups excluding carboxylic acids is 1. The molecule has 5 nitrogen and oxygen atoms in total. The van der Waals surface area contributed by atoms with Crippen LogP contribution in [0.4, 0.5) is 4.39 Å². The molecule has 0 aliphatic rings. The predicted molar refractivity (Wildman–Crippen MR) is 80.5 cm³/mol. The second kappa shape index (κ2) is 7.75. The highest BCUT2D eigenvalue weighted by molar-refractivity contribution is 5.85. The van der Waals surface area contributed by atoms with E-state index in [1.54, 1.807) is 43.3 Å². The zero-order chi connectivity index (χ0) is 14.5. The standard InChI is InChI=1S/C14H17FN4O.ClH/c1-16-13(11-8-18-19(2)9-11)14(20)17-7-10-4-3-5-12(15)6-10;/h3-6,8-9,13,16H,7H2,1-2H3,(H,17,20);1H. The van der Waals surface area contributed by atoms with E-state index in [0.717, 1.165) is 11.1 Å². The summed E-state index contributed by atoms with van der Waals surface area (Å²) >= 11 is 0. The lowest BCUT2D eigenvalue weighted by molar-refractivity contribution is -0.123. The van der Waals surface area contributed by atoms with Crippen molar-refractivity contribution in [3.8, 4) is 0 Å². The fourth-order valence-electron chi connectivity index (χ4n) is 1.98. The first-order valence-corrected chi connectivity index (χ1v) is 6.28. The summed E-state index contributed by atoms with van der Waals surface area (Å²) < 4.78 is 14.7. The summed E-state index contributed by atoms with van der Waals surface area (Å²) in [7, 11) is 3.50. The number of benzene rings is 1. The molecule has 0 fully saturated rings. The number of halogens is 2. The van der Waals surface area contributed by atoms with E-state index >= 15 is 0 Å². The van der Waals surface area contributed by atoms with Gasteiger partial charge in [-0.05, 0) is 24.7 Å². The van der Waals surface area contributed by atoms with Crippen LogP contribution in [-0.4, -0.2) is 22.7 Å². The van der Waals surface area contributed by atoms with Crippen molar-refractivity contribution in [3.05, 3.63) is 53.6 Å². The maximum atomic E-state index is 13.0. The summed E-state index contributed by atoms with van der Waals surface area (Å²) in [4.78, 5) is 12.1. The van der Waals surface area contributed by atoms with Crippen molar-refractivity contribution in [2.75, 3.05) is 7.05 Å². The molecule has 2 aromatic rings. The Hall–Kier alpha value is -1.92. The highest BCUT2D eigenvalue weighted by atomic mass is 35.5. The molecule has 2 N–H and O–H groups in total. The number of nitrogens with zero attached hydrogens (tertiary/aromatic N) is 2. The number of aryl methyl sites for hydroxylation is 1. The van der Waals surface area contributed by atoms with Crippen molar-refractivity contribution in [2.24, 2.45) is 7.05 Å². The van der Waals surface area contributed by atoms with Gasteiger partial charge in [-0.3, -0.25) is 9.48 Å². The van der Waals surface area contributed by atoms with Crippen LogP contribution in [-0.2, 0) is 18.4 Å². The molecule has 0 aliphatic carbocycles. The molecule has 0 spiro atoms. The molecule has 1 aromatic carbocycles. The molecule has 1 aromatic heterocycles. The zero-order valence-corrected chi connectivity index (χ0v) is 12.7. The molecule has 1 atom stereocenters. The van der Waals surface area contributed by atoms with Crippen LogP contribution in [0.15, 0.2) is 36.7 Å². The lowest BCUT2D eigenvalue weighted by Gasteiger charge is -2.14. The molecular formula is C14H18ClFN4O. The van der Waals surface area contributed by atoms with Crippen molar-refractivity contribution < 1.29 is 9.18 Å². The van der Waals surface area contributed by atoms with E-state index in [9.17, 15) is 9.18 Å². The van der Waals surface area contributed by atoms with Gasteiger partial charge in [0, 0.05) is 25.4 Å². The Morgan fingerprint density at radius 2 is 2.24 bits per heavy atom. The maximum Gasteiger partial charge on any atom is 0.242 e. The van der Waals surface area contributed by atoms with Crippen LogP contribution in [0, 0.1) is 5.82 Å². The van der Waals surface area contributed by atoms with Crippen LogP contribution in [0.5, 0.6) is 0 Å². The number of aromatic nitrogens is 2. The quantitative estimate of drug-likeness (QED) is 0.881. The average Bonchev–Trinajstić information content (AvgIpc) is 2.84. The molecule has 0 saturated carbocycles. The van der Waals surface area contributed by atoms with E-state index in [4.69, 9.17) is 0 Å². The third-order valence-corrected chi connectivity index (χ3v) is 2.96. The van der Waals surface area contributed by atoms with Gasteiger partial charge in [-0.2, -0.15) is 5.10 Å². The molecule has 0 aliphatic heterocycles. The van der Waals surface area contributed by atoms with Crippen LogP contribution in [0.1, 0.15) is 17.2 Å². The minimum Gasteiger partial charge on any atom is -0.350 e. The molecule has 0 saturated heterocycles. The van der Waals surface area contributed by atoms with Crippen molar-refractivity contribution in [3.63, 3.8) is 0 Å². The molecule has 114 valence electrons. The van der Waals surface area contributed by atoms with Crippen molar-refractivity contribution in [1.82, 2.24) is 20.4 Å². The van der Waals surface area contributed by atoms with E-state index in [0.29, 0.717) is 0 Å². The van der Waals surface area contributed by atoms with E-state index < -0.39 is 6.04 Å². The van der Waals surface area contributed by atoms with Gasteiger partial charge in [-0.1, -0.05) is 12.1 Å². The Morgan fingerprint density at radius 3 is 2.81 bits per heavy atom. The summed E-state index contributed by atoms with van der Waals surface area (Å²) in [5.74, 6) is -0.487. The molecule has 1 heterocycles. The SMILES string of the molecule is CNC(C(=O)NCc1cccc(F)c1)c1cnn(C)c1.Cl. The summed E-state index contributed by atoms with van der Waals surface area (Å²) in [6.45, 7) is 0.287. The van der Waals surface area contributed by atoms with Gasteiger partial charge in [0.25, 0.3) is 0 Å². The predicted octanol–water partition coefficient (Wildman–Crippen LogP) is 1.56. The van der Waals surface area contributed by atoms with E-state index in [2.05, 4.69) is 15.7 Å². The number of nitrogens with one attached hydrogen (secondary N) is 2. The van der Waals surface area contributed by atoms with Gasteiger partial charge in [0.05, 0.1) is 6.20 Å². The lowest BCUT2D eigenvalue weighted by atomic mass is 10.1. The monoisotopic (exact) mass is 312 g/mol. The molecule has 1 unspecified atom stereocenters. The minimum absolute atomic E-state index is 0. The van der Waals surface area contributed by atoms with Crippen LogP contribution in [0.3, 0.4) is 0 Å². The smallest absolute Gasteiger partial charge is 0.242 e. The van der Waals surface area contributed by atoms with Crippen LogP contribution in [0.25, 0.3) is 0 Å². The number of likely N-dealkylation sites (N-methyl/N-ethyl adjacent to an activating group) is 1.